The van der Waals surface area contributed by atoms with Gasteiger partial charge in [-0.2, -0.15) is 5.26 Å². The second-order valence-corrected chi connectivity index (χ2v) is 8.21. The summed E-state index contributed by atoms with van der Waals surface area (Å²) < 4.78 is 2.11. The third kappa shape index (κ3) is 4.42. The van der Waals surface area contributed by atoms with Gasteiger partial charge in [-0.3, -0.25) is 4.79 Å². The first-order valence-electron chi connectivity index (χ1n) is 10.4. The van der Waals surface area contributed by atoms with E-state index in [9.17, 15) is 10.1 Å². The second kappa shape index (κ2) is 9.19. The van der Waals surface area contributed by atoms with Crippen LogP contribution in [0.3, 0.4) is 0 Å². The lowest BCUT2D eigenvalue weighted by Crippen LogP contribution is -2.36. The summed E-state index contributed by atoms with van der Waals surface area (Å²) in [4.78, 5) is 12.7. The van der Waals surface area contributed by atoms with Crippen LogP contribution in [0.1, 0.15) is 43.2 Å². The largest absolute Gasteiger partial charge is 0.349 e. The molecule has 0 unspecified atom stereocenters. The molecular formula is C25H24ClN3O. The van der Waals surface area contributed by atoms with Gasteiger partial charge in [-0.1, -0.05) is 67.3 Å². The summed E-state index contributed by atoms with van der Waals surface area (Å²) in [5.41, 5.74) is 3.05. The van der Waals surface area contributed by atoms with E-state index in [0.717, 1.165) is 52.7 Å². The van der Waals surface area contributed by atoms with Gasteiger partial charge >= 0.3 is 0 Å². The van der Waals surface area contributed by atoms with Gasteiger partial charge < -0.3 is 9.88 Å². The summed E-state index contributed by atoms with van der Waals surface area (Å²) in [5, 5.41) is 14.4. The molecule has 5 heteroatoms. The lowest BCUT2D eigenvalue weighted by Gasteiger charge is -2.22. The molecule has 1 N–H and O–H groups in total. The summed E-state index contributed by atoms with van der Waals surface area (Å²) in [7, 11) is 0. The van der Waals surface area contributed by atoms with Gasteiger partial charge in [-0.25, -0.2) is 0 Å². The van der Waals surface area contributed by atoms with E-state index in [-0.39, 0.29) is 17.5 Å². The van der Waals surface area contributed by atoms with E-state index in [0.29, 0.717) is 6.54 Å². The number of amides is 1. The van der Waals surface area contributed by atoms with Crippen molar-refractivity contribution in [3.8, 4) is 6.07 Å². The minimum atomic E-state index is -0.285. The predicted octanol–water partition coefficient (Wildman–Crippen LogP) is 5.70. The van der Waals surface area contributed by atoms with Gasteiger partial charge in [0.1, 0.15) is 11.6 Å². The zero-order valence-corrected chi connectivity index (χ0v) is 17.5. The van der Waals surface area contributed by atoms with Gasteiger partial charge in [0.15, 0.2) is 0 Å². The van der Waals surface area contributed by atoms with E-state index >= 15 is 0 Å². The number of nitrogens with one attached hydrogen (secondary N) is 1. The number of nitriles is 1. The van der Waals surface area contributed by atoms with Crippen LogP contribution in [0.5, 0.6) is 0 Å². The summed E-state index contributed by atoms with van der Waals surface area (Å²) in [5.74, 6) is -0.285. The van der Waals surface area contributed by atoms with Gasteiger partial charge in [-0.15, -0.1) is 0 Å². The number of aromatic nitrogens is 1. The number of carbonyl (C=O) groups excluding carboxylic acids is 1. The number of carbonyl (C=O) groups is 1. The maximum Gasteiger partial charge on any atom is 0.262 e. The van der Waals surface area contributed by atoms with Gasteiger partial charge in [0, 0.05) is 40.3 Å². The minimum Gasteiger partial charge on any atom is -0.349 e. The third-order valence-corrected chi connectivity index (χ3v) is 6.09. The summed E-state index contributed by atoms with van der Waals surface area (Å²) in [6.45, 7) is 0.615. The van der Waals surface area contributed by atoms with E-state index in [1.807, 2.05) is 54.7 Å². The highest BCUT2D eigenvalue weighted by molar-refractivity contribution is 6.31. The molecule has 1 saturated carbocycles. The Morgan fingerprint density at radius 3 is 2.63 bits per heavy atom. The highest BCUT2D eigenvalue weighted by Gasteiger charge is 2.19. The van der Waals surface area contributed by atoms with Crippen molar-refractivity contribution in [3.05, 3.63) is 76.5 Å². The van der Waals surface area contributed by atoms with Crippen molar-refractivity contribution in [2.45, 2.75) is 44.7 Å². The highest BCUT2D eigenvalue weighted by atomic mass is 35.5. The molecule has 30 heavy (non-hydrogen) atoms. The van der Waals surface area contributed by atoms with E-state index in [2.05, 4.69) is 16.0 Å². The number of hydrogen-bond acceptors (Lipinski definition) is 2. The Balaban J connectivity index is 1.65. The molecule has 1 aliphatic carbocycles. The molecule has 1 amide bonds. The Labute approximate surface area is 181 Å². The van der Waals surface area contributed by atoms with Gasteiger partial charge in [0.05, 0.1) is 0 Å². The quantitative estimate of drug-likeness (QED) is 0.427. The Hall–Kier alpha value is -3.03. The van der Waals surface area contributed by atoms with Crippen LogP contribution in [0, 0.1) is 11.3 Å². The number of para-hydroxylation sites is 1. The lowest BCUT2D eigenvalue weighted by molar-refractivity contribution is -0.117. The number of halogens is 1. The standard InChI is InChI=1S/C25H24ClN3O/c26-23-12-6-4-8-18(23)16-29-17-20(22-11-5-7-13-24(22)29)14-19(15-27)25(30)28-21-9-2-1-3-10-21/h4-8,11-14,17,21H,1-3,9-10,16H2,(H,28,30)/b19-14-. The Morgan fingerprint density at radius 2 is 1.87 bits per heavy atom. The van der Waals surface area contributed by atoms with E-state index in [1.54, 1.807) is 6.08 Å². The van der Waals surface area contributed by atoms with Crippen LogP contribution in [0.4, 0.5) is 0 Å². The molecule has 0 bridgehead atoms. The Kier molecular flexibility index (Phi) is 6.21. The van der Waals surface area contributed by atoms with Gasteiger partial charge in [0.25, 0.3) is 5.91 Å². The van der Waals surface area contributed by atoms with E-state index in [4.69, 9.17) is 11.6 Å². The smallest absolute Gasteiger partial charge is 0.262 e. The van der Waals surface area contributed by atoms with Crippen molar-refractivity contribution >= 4 is 34.5 Å². The SMILES string of the molecule is N#C/C(=C/c1cn(Cc2ccccc2Cl)c2ccccc12)C(=O)NC1CCCCC1. The van der Waals surface area contributed by atoms with Crippen molar-refractivity contribution in [2.24, 2.45) is 0 Å². The van der Waals surface area contributed by atoms with E-state index in [1.165, 1.54) is 6.42 Å². The molecule has 0 spiro atoms. The van der Waals surface area contributed by atoms with Crippen LogP contribution in [0.25, 0.3) is 17.0 Å². The molecule has 1 heterocycles. The molecular weight excluding hydrogens is 394 g/mol. The average molecular weight is 418 g/mol. The maximum absolute atomic E-state index is 12.7. The number of rotatable bonds is 5. The van der Waals surface area contributed by atoms with Crippen LogP contribution in [-0.4, -0.2) is 16.5 Å². The minimum absolute atomic E-state index is 0.140. The first kappa shape index (κ1) is 20.3. The fourth-order valence-corrected chi connectivity index (χ4v) is 4.34. The average Bonchev–Trinajstić information content (AvgIpc) is 3.11. The topological polar surface area (TPSA) is 57.8 Å². The first-order valence-corrected chi connectivity index (χ1v) is 10.8. The molecule has 4 nitrogen and oxygen atoms in total. The van der Waals surface area contributed by atoms with Crippen molar-refractivity contribution in [1.29, 1.82) is 5.26 Å². The lowest BCUT2D eigenvalue weighted by atomic mass is 9.95. The zero-order chi connectivity index (χ0) is 20.9. The van der Waals surface area contributed by atoms with Crippen molar-refractivity contribution < 1.29 is 4.79 Å². The molecule has 1 aliphatic rings. The van der Waals surface area contributed by atoms with Crippen molar-refractivity contribution in [1.82, 2.24) is 9.88 Å². The molecule has 0 saturated heterocycles. The molecule has 0 atom stereocenters. The third-order valence-electron chi connectivity index (χ3n) is 5.72. The molecule has 4 rings (SSSR count). The molecule has 0 radical (unpaired) electrons. The Bertz CT molecular complexity index is 1130. The fourth-order valence-electron chi connectivity index (χ4n) is 4.15. The van der Waals surface area contributed by atoms with Crippen LogP contribution >= 0.6 is 11.6 Å². The maximum atomic E-state index is 12.7. The summed E-state index contributed by atoms with van der Waals surface area (Å²) in [6.07, 6.45) is 9.14. The molecule has 0 aliphatic heterocycles. The van der Waals surface area contributed by atoms with Crippen molar-refractivity contribution in [2.75, 3.05) is 0 Å². The number of fused-ring (bicyclic) bond motifs is 1. The van der Waals surface area contributed by atoms with E-state index < -0.39 is 0 Å². The number of nitrogens with zero attached hydrogens (tertiary/aromatic N) is 2. The van der Waals surface area contributed by atoms with Crippen LogP contribution < -0.4 is 5.32 Å². The van der Waals surface area contributed by atoms with Gasteiger partial charge in [0.2, 0.25) is 0 Å². The predicted molar refractivity (Wildman–Crippen MR) is 121 cm³/mol. The molecule has 152 valence electrons. The normalized spacial score (nSPS) is 15.1. The van der Waals surface area contributed by atoms with Crippen LogP contribution in [-0.2, 0) is 11.3 Å². The fraction of sp³-hybridized carbons (Fsp3) is 0.280. The monoisotopic (exact) mass is 417 g/mol. The molecule has 2 aromatic carbocycles. The highest BCUT2D eigenvalue weighted by Crippen LogP contribution is 2.26. The number of benzene rings is 2. The van der Waals surface area contributed by atoms with Crippen LogP contribution in [0.2, 0.25) is 5.02 Å². The second-order valence-electron chi connectivity index (χ2n) is 7.80. The molecule has 3 aromatic rings. The zero-order valence-electron chi connectivity index (χ0n) is 16.8. The molecule has 1 fully saturated rings. The summed E-state index contributed by atoms with van der Waals surface area (Å²) >= 11 is 6.35. The molecule has 1 aromatic heterocycles. The Morgan fingerprint density at radius 1 is 1.13 bits per heavy atom. The number of hydrogen-bond donors (Lipinski definition) is 1. The van der Waals surface area contributed by atoms with Gasteiger partial charge in [-0.05, 0) is 36.6 Å². The summed E-state index contributed by atoms with van der Waals surface area (Å²) in [6, 6.07) is 18.0. The van der Waals surface area contributed by atoms with Crippen LogP contribution in [0.15, 0.2) is 60.3 Å². The van der Waals surface area contributed by atoms with Crippen molar-refractivity contribution in [3.63, 3.8) is 0 Å². The first-order chi connectivity index (χ1) is 14.7.